The highest BCUT2D eigenvalue weighted by Crippen LogP contribution is 2.18. The smallest absolute Gasteiger partial charge is 0.243 e. The van der Waals surface area contributed by atoms with Crippen molar-refractivity contribution in [1.82, 2.24) is 15.0 Å². The number of hydrogen-bond acceptors (Lipinski definition) is 7. The first-order valence-corrected chi connectivity index (χ1v) is 5.99. The molecule has 1 aromatic heterocycles. The molecule has 0 saturated carbocycles. The summed E-state index contributed by atoms with van der Waals surface area (Å²) in [6, 6.07) is 0.327. The van der Waals surface area contributed by atoms with Crippen molar-refractivity contribution in [2.45, 2.75) is 26.8 Å². The van der Waals surface area contributed by atoms with Crippen molar-refractivity contribution in [1.29, 1.82) is 0 Å². The Bertz CT molecular complexity index is 391. The van der Waals surface area contributed by atoms with Crippen molar-refractivity contribution >= 4 is 17.8 Å². The summed E-state index contributed by atoms with van der Waals surface area (Å²) in [6.07, 6.45) is 0. The second-order valence-electron chi connectivity index (χ2n) is 4.89. The third kappa shape index (κ3) is 3.19. The first-order chi connectivity index (χ1) is 8.36. The number of nitrogens with one attached hydrogen (secondary N) is 1. The quantitative estimate of drug-likeness (QED) is 0.590. The number of nitrogen functional groups attached to an aromatic ring is 1. The predicted molar refractivity (Wildman–Crippen MR) is 74.7 cm³/mol. The maximum absolute atomic E-state index is 5.38. The molecule has 0 aromatic carbocycles. The topological polar surface area (TPSA) is 83.2 Å². The van der Waals surface area contributed by atoms with Crippen LogP contribution in [0.2, 0.25) is 0 Å². The van der Waals surface area contributed by atoms with Crippen LogP contribution in [0.15, 0.2) is 0 Å². The molecule has 1 atom stereocenters. The average Bonchev–Trinajstić information content (AvgIpc) is 2.35. The van der Waals surface area contributed by atoms with E-state index in [0.29, 0.717) is 29.8 Å². The largest absolute Gasteiger partial charge is 0.347 e. The third-order valence-corrected chi connectivity index (χ3v) is 3.03. The number of hydrogen-bond donors (Lipinski definition) is 2. The molecule has 0 aliphatic heterocycles. The Balaban J connectivity index is 3.11. The standard InChI is InChI=1S/C11H23N7/c1-7(2)8(3)18(6)11-14-9(16-12)13-10(15-11)17(4)5/h7-8H,12H2,1-6H3,(H,13,14,15,16). The van der Waals surface area contributed by atoms with Gasteiger partial charge in [0.05, 0.1) is 0 Å². The first kappa shape index (κ1) is 14.4. The van der Waals surface area contributed by atoms with Crippen LogP contribution in [0.5, 0.6) is 0 Å². The predicted octanol–water partition coefficient (Wildman–Crippen LogP) is 0.704. The molecule has 0 saturated heterocycles. The van der Waals surface area contributed by atoms with E-state index in [4.69, 9.17) is 5.84 Å². The molecule has 0 amide bonds. The summed E-state index contributed by atoms with van der Waals surface area (Å²) in [5.74, 6) is 7.45. The van der Waals surface area contributed by atoms with E-state index in [1.165, 1.54) is 0 Å². The van der Waals surface area contributed by atoms with Gasteiger partial charge >= 0.3 is 0 Å². The fraction of sp³-hybridized carbons (Fsp3) is 0.727. The molecular weight excluding hydrogens is 230 g/mol. The van der Waals surface area contributed by atoms with Crippen LogP contribution in [0.1, 0.15) is 20.8 Å². The molecular formula is C11H23N7. The van der Waals surface area contributed by atoms with E-state index in [1.807, 2.05) is 30.9 Å². The fourth-order valence-corrected chi connectivity index (χ4v) is 1.41. The Morgan fingerprint density at radius 1 is 1.00 bits per heavy atom. The maximum Gasteiger partial charge on any atom is 0.243 e. The van der Waals surface area contributed by atoms with Gasteiger partial charge in [-0.25, -0.2) is 5.84 Å². The lowest BCUT2D eigenvalue weighted by Gasteiger charge is -2.28. The van der Waals surface area contributed by atoms with Gasteiger partial charge in [-0.2, -0.15) is 15.0 Å². The van der Waals surface area contributed by atoms with Crippen LogP contribution < -0.4 is 21.1 Å². The van der Waals surface area contributed by atoms with E-state index in [-0.39, 0.29) is 0 Å². The van der Waals surface area contributed by atoms with Crippen molar-refractivity contribution in [3.63, 3.8) is 0 Å². The van der Waals surface area contributed by atoms with Crippen molar-refractivity contribution in [2.75, 3.05) is 36.4 Å². The van der Waals surface area contributed by atoms with Gasteiger partial charge in [0.2, 0.25) is 17.8 Å². The molecule has 1 rings (SSSR count). The summed E-state index contributed by atoms with van der Waals surface area (Å²) in [7, 11) is 5.73. The van der Waals surface area contributed by atoms with Crippen LogP contribution in [0.3, 0.4) is 0 Å². The van der Waals surface area contributed by atoms with E-state index >= 15 is 0 Å². The van der Waals surface area contributed by atoms with Crippen LogP contribution in [0.4, 0.5) is 17.8 Å². The zero-order chi connectivity index (χ0) is 13.9. The zero-order valence-corrected chi connectivity index (χ0v) is 12.0. The molecule has 3 N–H and O–H groups in total. The minimum atomic E-state index is 0.327. The normalized spacial score (nSPS) is 12.4. The Hall–Kier alpha value is -1.63. The van der Waals surface area contributed by atoms with Crippen molar-refractivity contribution in [3.8, 4) is 0 Å². The Labute approximate surface area is 108 Å². The van der Waals surface area contributed by atoms with E-state index in [2.05, 4.69) is 41.1 Å². The molecule has 18 heavy (non-hydrogen) atoms. The summed E-state index contributed by atoms with van der Waals surface area (Å²) in [5, 5.41) is 0. The van der Waals surface area contributed by atoms with Gasteiger partial charge in [-0.15, -0.1) is 0 Å². The highest BCUT2D eigenvalue weighted by molar-refractivity contribution is 5.44. The van der Waals surface area contributed by atoms with Crippen LogP contribution in [0, 0.1) is 5.92 Å². The molecule has 0 radical (unpaired) electrons. The summed E-state index contributed by atoms with van der Waals surface area (Å²) in [4.78, 5) is 16.7. The lowest BCUT2D eigenvalue weighted by molar-refractivity contribution is 0.499. The highest BCUT2D eigenvalue weighted by atomic mass is 15.4. The molecule has 0 fully saturated rings. The van der Waals surface area contributed by atoms with Gasteiger partial charge < -0.3 is 9.80 Å². The number of rotatable bonds is 5. The SMILES string of the molecule is CC(C)C(C)N(C)c1nc(NN)nc(N(C)C)n1. The van der Waals surface area contributed by atoms with E-state index in [1.54, 1.807) is 0 Å². The van der Waals surface area contributed by atoms with Crippen molar-refractivity contribution < 1.29 is 0 Å². The molecule has 0 bridgehead atoms. The molecule has 0 spiro atoms. The number of nitrogens with two attached hydrogens (primary N) is 1. The lowest BCUT2D eigenvalue weighted by atomic mass is 10.1. The fourth-order valence-electron chi connectivity index (χ4n) is 1.41. The van der Waals surface area contributed by atoms with Crippen LogP contribution in [-0.2, 0) is 0 Å². The monoisotopic (exact) mass is 253 g/mol. The van der Waals surface area contributed by atoms with Crippen molar-refractivity contribution in [3.05, 3.63) is 0 Å². The summed E-state index contributed by atoms with van der Waals surface area (Å²) >= 11 is 0. The van der Waals surface area contributed by atoms with Crippen LogP contribution in [0.25, 0.3) is 0 Å². The van der Waals surface area contributed by atoms with E-state index in [9.17, 15) is 0 Å². The number of aromatic nitrogens is 3. The Kier molecular flexibility index (Phi) is 4.66. The molecule has 7 nitrogen and oxygen atoms in total. The molecule has 0 aliphatic carbocycles. The lowest BCUT2D eigenvalue weighted by Crippen LogP contribution is -2.35. The van der Waals surface area contributed by atoms with Gasteiger partial charge in [0, 0.05) is 27.2 Å². The zero-order valence-electron chi connectivity index (χ0n) is 12.0. The summed E-state index contributed by atoms with van der Waals surface area (Å²) in [5.41, 5.74) is 2.47. The summed E-state index contributed by atoms with van der Waals surface area (Å²) < 4.78 is 0. The van der Waals surface area contributed by atoms with E-state index in [0.717, 1.165) is 0 Å². The molecule has 1 aromatic rings. The second kappa shape index (κ2) is 5.81. The highest BCUT2D eigenvalue weighted by Gasteiger charge is 2.18. The molecule has 0 aliphatic rings. The molecule has 1 heterocycles. The van der Waals surface area contributed by atoms with Gasteiger partial charge in [-0.1, -0.05) is 13.8 Å². The van der Waals surface area contributed by atoms with Crippen LogP contribution >= 0.6 is 0 Å². The molecule has 7 heteroatoms. The first-order valence-electron chi connectivity index (χ1n) is 5.99. The van der Waals surface area contributed by atoms with Gasteiger partial charge in [0.1, 0.15) is 0 Å². The maximum atomic E-state index is 5.38. The van der Waals surface area contributed by atoms with Gasteiger partial charge in [-0.05, 0) is 12.8 Å². The Morgan fingerprint density at radius 3 is 2.00 bits per heavy atom. The average molecular weight is 253 g/mol. The Morgan fingerprint density at radius 2 is 1.56 bits per heavy atom. The molecule has 102 valence electrons. The minimum Gasteiger partial charge on any atom is -0.347 e. The molecule has 1 unspecified atom stereocenters. The number of anilines is 3. The number of hydrazine groups is 1. The minimum absolute atomic E-state index is 0.327. The third-order valence-electron chi connectivity index (χ3n) is 3.03. The van der Waals surface area contributed by atoms with Gasteiger partial charge in [0.15, 0.2) is 0 Å². The van der Waals surface area contributed by atoms with Crippen LogP contribution in [-0.4, -0.2) is 42.1 Å². The van der Waals surface area contributed by atoms with Gasteiger partial charge in [0.25, 0.3) is 0 Å². The van der Waals surface area contributed by atoms with Crippen molar-refractivity contribution in [2.24, 2.45) is 11.8 Å². The second-order valence-corrected chi connectivity index (χ2v) is 4.89. The number of nitrogens with zero attached hydrogens (tertiary/aromatic N) is 5. The van der Waals surface area contributed by atoms with Gasteiger partial charge in [-0.3, -0.25) is 5.43 Å². The summed E-state index contributed by atoms with van der Waals surface area (Å²) in [6.45, 7) is 6.47. The van der Waals surface area contributed by atoms with E-state index < -0.39 is 0 Å².